The van der Waals surface area contributed by atoms with Gasteiger partial charge in [-0.3, -0.25) is 0 Å². The van der Waals surface area contributed by atoms with Gasteiger partial charge in [0, 0.05) is 23.8 Å². The van der Waals surface area contributed by atoms with Crippen LogP contribution in [0, 0.1) is 11.3 Å². The molecule has 148 valence electrons. The molecule has 1 N–H and O–H groups in total. The zero-order chi connectivity index (χ0) is 21.1. The van der Waals surface area contributed by atoms with E-state index in [9.17, 15) is 9.90 Å². The van der Waals surface area contributed by atoms with Gasteiger partial charge in [0.05, 0.1) is 17.2 Å². The second-order valence-electron chi connectivity index (χ2n) is 7.24. The number of hydrogen-bond acceptors (Lipinski definition) is 3. The van der Waals surface area contributed by atoms with Crippen LogP contribution in [0.15, 0.2) is 60.7 Å². The third kappa shape index (κ3) is 4.22. The first-order chi connectivity index (χ1) is 14.5. The molecule has 5 heteroatoms. The molecule has 3 aromatic rings. The van der Waals surface area contributed by atoms with Crippen molar-refractivity contribution in [3.05, 3.63) is 99.1 Å². The molecule has 3 aromatic carbocycles. The van der Waals surface area contributed by atoms with Crippen LogP contribution in [0.1, 0.15) is 38.2 Å². The SMILES string of the molecule is N#Cc1ccc(/C=C/c2cccc(CN3CCc4cc(Cl)ccc43)c2)c(C(=O)O)c1. The minimum Gasteiger partial charge on any atom is -0.478 e. The standard InChI is InChI=1S/C25H19ClN2O2/c26-22-8-9-24-21(14-22)10-11-28(24)16-19-3-1-2-17(12-19)4-6-20-7-5-18(15-27)13-23(20)25(29)30/h1-9,12-14H,10-11,16H2,(H,29,30)/b6-4+. The third-order valence-electron chi connectivity index (χ3n) is 5.23. The first-order valence-electron chi connectivity index (χ1n) is 9.61. The molecule has 1 heterocycles. The Kier molecular flexibility index (Phi) is 5.56. The van der Waals surface area contributed by atoms with E-state index < -0.39 is 5.97 Å². The molecule has 0 saturated carbocycles. The molecule has 30 heavy (non-hydrogen) atoms. The normalized spacial score (nSPS) is 12.7. The molecule has 0 spiro atoms. The second-order valence-corrected chi connectivity index (χ2v) is 7.68. The molecule has 4 nitrogen and oxygen atoms in total. The Morgan fingerprint density at radius 2 is 2.00 bits per heavy atom. The summed E-state index contributed by atoms with van der Waals surface area (Å²) in [5, 5.41) is 19.2. The highest BCUT2D eigenvalue weighted by Crippen LogP contribution is 2.31. The molecular weight excluding hydrogens is 396 g/mol. The van der Waals surface area contributed by atoms with Crippen molar-refractivity contribution in [2.24, 2.45) is 0 Å². The van der Waals surface area contributed by atoms with Crippen molar-refractivity contribution < 1.29 is 9.90 Å². The zero-order valence-electron chi connectivity index (χ0n) is 16.2. The van der Waals surface area contributed by atoms with Crippen molar-refractivity contribution in [1.82, 2.24) is 0 Å². The molecule has 4 rings (SSSR count). The number of anilines is 1. The molecular formula is C25H19ClN2O2. The Morgan fingerprint density at radius 3 is 2.80 bits per heavy atom. The lowest BCUT2D eigenvalue weighted by atomic mass is 10.0. The molecule has 1 aliphatic heterocycles. The van der Waals surface area contributed by atoms with Gasteiger partial charge < -0.3 is 10.0 Å². The lowest BCUT2D eigenvalue weighted by Gasteiger charge is -2.19. The Balaban J connectivity index is 1.54. The van der Waals surface area contributed by atoms with E-state index in [4.69, 9.17) is 16.9 Å². The number of nitriles is 1. The Labute approximate surface area is 180 Å². The highest BCUT2D eigenvalue weighted by Gasteiger charge is 2.19. The number of aromatic carboxylic acids is 1. The van der Waals surface area contributed by atoms with Gasteiger partial charge in [-0.2, -0.15) is 5.26 Å². The minimum absolute atomic E-state index is 0.119. The zero-order valence-corrected chi connectivity index (χ0v) is 16.9. The summed E-state index contributed by atoms with van der Waals surface area (Å²) in [6.07, 6.45) is 4.66. The summed E-state index contributed by atoms with van der Waals surface area (Å²) in [5.41, 5.74) is 5.69. The first-order valence-corrected chi connectivity index (χ1v) is 9.99. The van der Waals surface area contributed by atoms with Crippen molar-refractivity contribution in [3.8, 4) is 6.07 Å². The summed E-state index contributed by atoms with van der Waals surface area (Å²) in [5.74, 6) is -1.05. The summed E-state index contributed by atoms with van der Waals surface area (Å²) < 4.78 is 0. The van der Waals surface area contributed by atoms with E-state index in [2.05, 4.69) is 23.1 Å². The van der Waals surface area contributed by atoms with Gasteiger partial charge in [0.25, 0.3) is 0 Å². The van der Waals surface area contributed by atoms with Gasteiger partial charge in [0.15, 0.2) is 0 Å². The lowest BCUT2D eigenvalue weighted by molar-refractivity contribution is 0.0696. The van der Waals surface area contributed by atoms with Gasteiger partial charge in [0.1, 0.15) is 0 Å². The van der Waals surface area contributed by atoms with Crippen LogP contribution in [-0.4, -0.2) is 17.6 Å². The molecule has 0 saturated heterocycles. The van der Waals surface area contributed by atoms with Crippen molar-refractivity contribution >= 4 is 35.4 Å². The Hall–Kier alpha value is -3.55. The summed E-state index contributed by atoms with van der Waals surface area (Å²) >= 11 is 6.11. The minimum atomic E-state index is -1.05. The number of halogens is 1. The van der Waals surface area contributed by atoms with Crippen molar-refractivity contribution in [1.29, 1.82) is 5.26 Å². The third-order valence-corrected chi connectivity index (χ3v) is 5.46. The number of carbonyl (C=O) groups is 1. The maximum Gasteiger partial charge on any atom is 0.336 e. The van der Waals surface area contributed by atoms with Crippen LogP contribution >= 0.6 is 11.6 Å². The Morgan fingerprint density at radius 1 is 1.13 bits per heavy atom. The van der Waals surface area contributed by atoms with Crippen molar-refractivity contribution in [2.75, 3.05) is 11.4 Å². The van der Waals surface area contributed by atoms with E-state index in [0.717, 1.165) is 30.1 Å². The monoisotopic (exact) mass is 414 g/mol. The van der Waals surface area contributed by atoms with Crippen molar-refractivity contribution in [2.45, 2.75) is 13.0 Å². The van der Waals surface area contributed by atoms with Crippen LogP contribution in [0.4, 0.5) is 5.69 Å². The number of hydrogen-bond donors (Lipinski definition) is 1. The topological polar surface area (TPSA) is 64.3 Å². The van der Waals surface area contributed by atoms with Crippen LogP contribution in [0.2, 0.25) is 5.02 Å². The van der Waals surface area contributed by atoms with E-state index in [1.54, 1.807) is 18.2 Å². The number of carboxylic acid groups (broad SMARTS) is 1. The van der Waals surface area contributed by atoms with Gasteiger partial charge in [-0.25, -0.2) is 4.79 Å². The largest absolute Gasteiger partial charge is 0.478 e. The van der Waals surface area contributed by atoms with Gasteiger partial charge in [-0.05, 0) is 65.1 Å². The maximum absolute atomic E-state index is 11.5. The fourth-order valence-corrected chi connectivity index (χ4v) is 3.96. The molecule has 0 fully saturated rings. The van der Waals surface area contributed by atoms with Gasteiger partial charge in [0.2, 0.25) is 0 Å². The van der Waals surface area contributed by atoms with Gasteiger partial charge >= 0.3 is 5.97 Å². The number of benzene rings is 3. The van der Waals surface area contributed by atoms with Crippen LogP contribution in [0.3, 0.4) is 0 Å². The lowest BCUT2D eigenvalue weighted by Crippen LogP contribution is -2.19. The van der Waals surface area contributed by atoms with E-state index in [1.807, 2.05) is 36.4 Å². The van der Waals surface area contributed by atoms with Crippen LogP contribution in [0.5, 0.6) is 0 Å². The summed E-state index contributed by atoms with van der Waals surface area (Å²) in [7, 11) is 0. The molecule has 0 radical (unpaired) electrons. The molecule has 0 amide bonds. The number of nitrogens with zero attached hydrogens (tertiary/aromatic N) is 2. The molecule has 0 bridgehead atoms. The highest BCUT2D eigenvalue weighted by molar-refractivity contribution is 6.30. The van der Waals surface area contributed by atoms with Crippen LogP contribution < -0.4 is 4.90 Å². The second kappa shape index (κ2) is 8.44. The quantitative estimate of drug-likeness (QED) is 0.548. The number of carboxylic acids is 1. The smallest absolute Gasteiger partial charge is 0.336 e. The number of fused-ring (bicyclic) bond motifs is 1. The predicted octanol–water partition coefficient (Wildman–Crippen LogP) is 5.64. The van der Waals surface area contributed by atoms with Gasteiger partial charge in [-0.1, -0.05) is 48.0 Å². The number of rotatable bonds is 5. The highest BCUT2D eigenvalue weighted by atomic mass is 35.5. The van der Waals surface area contributed by atoms with E-state index in [-0.39, 0.29) is 5.56 Å². The molecule has 0 aromatic heterocycles. The van der Waals surface area contributed by atoms with E-state index >= 15 is 0 Å². The maximum atomic E-state index is 11.5. The molecule has 0 aliphatic carbocycles. The van der Waals surface area contributed by atoms with E-state index in [0.29, 0.717) is 11.1 Å². The summed E-state index contributed by atoms with van der Waals surface area (Å²) in [4.78, 5) is 13.9. The van der Waals surface area contributed by atoms with Crippen molar-refractivity contribution in [3.63, 3.8) is 0 Å². The van der Waals surface area contributed by atoms with Crippen LogP contribution in [-0.2, 0) is 13.0 Å². The fraction of sp³-hybridized carbons (Fsp3) is 0.120. The van der Waals surface area contributed by atoms with Crippen LogP contribution in [0.25, 0.3) is 12.2 Å². The summed E-state index contributed by atoms with van der Waals surface area (Å²) in [6, 6.07) is 20.9. The average molecular weight is 415 g/mol. The Bertz CT molecular complexity index is 1190. The average Bonchev–Trinajstić information content (AvgIpc) is 3.14. The molecule has 1 aliphatic rings. The molecule has 0 unspecified atom stereocenters. The summed E-state index contributed by atoms with van der Waals surface area (Å²) in [6.45, 7) is 1.76. The van der Waals surface area contributed by atoms with E-state index in [1.165, 1.54) is 22.9 Å². The van der Waals surface area contributed by atoms with Gasteiger partial charge in [-0.15, -0.1) is 0 Å². The fourth-order valence-electron chi connectivity index (χ4n) is 3.76. The molecule has 0 atom stereocenters. The first kappa shape index (κ1) is 19.8. The predicted molar refractivity (Wildman–Crippen MR) is 120 cm³/mol.